The molecule has 4 aromatic rings. The summed E-state index contributed by atoms with van der Waals surface area (Å²) >= 11 is 0. The van der Waals surface area contributed by atoms with Crippen molar-refractivity contribution >= 4 is 33.2 Å². The Hall–Kier alpha value is -3.96. The van der Waals surface area contributed by atoms with Gasteiger partial charge in [-0.1, -0.05) is 0 Å². The highest BCUT2D eigenvalue weighted by Crippen LogP contribution is 2.25. The van der Waals surface area contributed by atoms with Gasteiger partial charge in [0.15, 0.2) is 5.82 Å². The molecule has 10 nitrogen and oxygen atoms in total. The van der Waals surface area contributed by atoms with E-state index < -0.39 is 21.5 Å². The van der Waals surface area contributed by atoms with Crippen molar-refractivity contribution in [2.75, 3.05) is 0 Å². The van der Waals surface area contributed by atoms with Gasteiger partial charge in [-0.05, 0) is 6.07 Å². The normalized spacial score (nSPS) is 10.5. The molecular weight excluding hydrogens is 354 g/mol. The maximum atomic E-state index is 13.1. The molecule has 2 heterocycles. The van der Waals surface area contributed by atoms with E-state index in [1.54, 1.807) is 0 Å². The summed E-state index contributed by atoms with van der Waals surface area (Å²) in [6.07, 6.45) is 2.57. The average molecular weight is 362 g/mol. The van der Waals surface area contributed by atoms with E-state index in [1.165, 1.54) is 18.5 Å². The predicted molar refractivity (Wildman–Crippen MR) is 85.4 cm³/mol. The largest absolute Gasteiger partial charge is 0.280 e. The van der Waals surface area contributed by atoms with E-state index in [9.17, 15) is 29.0 Å². The number of benzene rings is 2. The quantitative estimate of drug-likeness (QED) is 0.414. The van der Waals surface area contributed by atoms with Crippen LogP contribution in [0.2, 0.25) is 0 Å². The molecule has 26 heavy (non-hydrogen) atoms. The second-order valence-corrected chi connectivity index (χ2v) is 5.00. The van der Waals surface area contributed by atoms with Crippen LogP contribution in [0.1, 0.15) is 0 Å². The lowest BCUT2D eigenvalue weighted by atomic mass is 10.2. The number of H-pyrrole nitrogens is 2. The fourth-order valence-electron chi connectivity index (χ4n) is 2.25. The van der Waals surface area contributed by atoms with Crippen LogP contribution in [0.5, 0.6) is 0 Å². The minimum atomic E-state index is -0.665. The zero-order valence-corrected chi connectivity index (χ0v) is 12.6. The van der Waals surface area contributed by atoms with E-state index in [1.807, 2.05) is 0 Å². The number of nitrogens with zero attached hydrogens (tertiary/aromatic N) is 4. The average Bonchev–Trinajstić information content (AvgIpc) is 3.24. The van der Waals surface area contributed by atoms with Crippen molar-refractivity contribution in [3.63, 3.8) is 0 Å². The third-order valence-electron chi connectivity index (χ3n) is 3.43. The Labute approximate surface area is 141 Å². The monoisotopic (exact) mass is 362 g/mol. The first-order chi connectivity index (χ1) is 12.4. The van der Waals surface area contributed by atoms with Gasteiger partial charge in [0.25, 0.3) is 11.4 Å². The summed E-state index contributed by atoms with van der Waals surface area (Å²) in [5.74, 6) is -1.21. The summed E-state index contributed by atoms with van der Waals surface area (Å²) in [6, 6.07) is 4.29. The van der Waals surface area contributed by atoms with Gasteiger partial charge in [-0.2, -0.15) is 10.2 Å². The highest BCUT2D eigenvalue weighted by molar-refractivity contribution is 5.87. The molecule has 0 aliphatic rings. The SMILES string of the molecule is O=[N+]([O-])c1cc(F)c2[nH]ncc2c1.O=[N+]([O-])c1ccc(F)c2[nH]ncc12. The Balaban J connectivity index is 0.000000151. The minimum absolute atomic E-state index is 0.0641. The van der Waals surface area contributed by atoms with Crippen LogP contribution in [-0.4, -0.2) is 30.2 Å². The van der Waals surface area contributed by atoms with Crippen LogP contribution in [0, 0.1) is 31.9 Å². The van der Waals surface area contributed by atoms with Gasteiger partial charge in [-0.3, -0.25) is 30.4 Å². The maximum absolute atomic E-state index is 13.1. The van der Waals surface area contributed by atoms with Crippen LogP contribution in [0.3, 0.4) is 0 Å². The molecule has 0 spiro atoms. The van der Waals surface area contributed by atoms with Gasteiger partial charge in [0.05, 0.1) is 28.3 Å². The standard InChI is InChI=1S/2C7H4FN3O2/c8-6-2-5(11(12)13)1-4-3-9-10-7(4)6;8-5-1-2-6(11(12)13)4-3-9-10-7(4)5/h2*1-3H,(H,9,10). The number of nitrogens with one attached hydrogen (secondary N) is 2. The number of non-ortho nitro benzene ring substituents is 2. The first-order valence-corrected chi connectivity index (χ1v) is 6.91. The molecule has 2 aromatic heterocycles. The van der Waals surface area contributed by atoms with Crippen LogP contribution in [0.4, 0.5) is 20.2 Å². The van der Waals surface area contributed by atoms with Crippen LogP contribution in [0.15, 0.2) is 36.7 Å². The van der Waals surface area contributed by atoms with E-state index in [4.69, 9.17) is 0 Å². The highest BCUT2D eigenvalue weighted by Gasteiger charge is 2.15. The second kappa shape index (κ2) is 6.51. The van der Waals surface area contributed by atoms with Crippen molar-refractivity contribution in [3.05, 3.63) is 68.5 Å². The summed E-state index contributed by atoms with van der Waals surface area (Å²) in [5, 5.41) is 33.2. The number of nitro groups is 2. The topological polar surface area (TPSA) is 144 Å². The van der Waals surface area contributed by atoms with E-state index in [0.717, 1.165) is 18.2 Å². The van der Waals surface area contributed by atoms with Crippen molar-refractivity contribution in [2.24, 2.45) is 0 Å². The fourth-order valence-corrected chi connectivity index (χ4v) is 2.25. The number of aromatic amines is 2. The number of halogens is 2. The molecule has 0 radical (unpaired) electrons. The number of aromatic nitrogens is 4. The van der Waals surface area contributed by atoms with Gasteiger partial charge in [0.2, 0.25) is 0 Å². The van der Waals surface area contributed by atoms with Gasteiger partial charge in [-0.25, -0.2) is 8.78 Å². The smallest absolute Gasteiger partial charge is 0.275 e. The molecule has 2 N–H and O–H groups in total. The predicted octanol–water partition coefficient (Wildman–Crippen LogP) is 3.22. The molecule has 0 aliphatic heterocycles. The molecule has 0 bridgehead atoms. The number of fused-ring (bicyclic) bond motifs is 2. The van der Waals surface area contributed by atoms with Crippen molar-refractivity contribution in [3.8, 4) is 0 Å². The number of hydrogen-bond donors (Lipinski definition) is 2. The first-order valence-electron chi connectivity index (χ1n) is 6.91. The molecule has 12 heteroatoms. The summed E-state index contributed by atoms with van der Waals surface area (Å²) < 4.78 is 26.0. The Kier molecular flexibility index (Phi) is 4.22. The third-order valence-corrected chi connectivity index (χ3v) is 3.43. The van der Waals surface area contributed by atoms with E-state index in [-0.39, 0.29) is 27.8 Å². The molecule has 132 valence electrons. The molecule has 2 aromatic carbocycles. The van der Waals surface area contributed by atoms with Crippen LogP contribution < -0.4 is 0 Å². The lowest BCUT2D eigenvalue weighted by Gasteiger charge is -1.93. The van der Waals surface area contributed by atoms with E-state index in [0.29, 0.717) is 5.39 Å². The molecule has 0 fully saturated rings. The van der Waals surface area contributed by atoms with Crippen LogP contribution >= 0.6 is 0 Å². The molecular formula is C14H8F2N6O4. The number of rotatable bonds is 2. The van der Waals surface area contributed by atoms with E-state index in [2.05, 4.69) is 20.4 Å². The molecule has 0 atom stereocenters. The first kappa shape index (κ1) is 16.9. The second-order valence-electron chi connectivity index (χ2n) is 5.00. The lowest BCUT2D eigenvalue weighted by Crippen LogP contribution is -1.89. The van der Waals surface area contributed by atoms with Gasteiger partial charge in [0, 0.05) is 17.5 Å². The van der Waals surface area contributed by atoms with Crippen molar-refractivity contribution in [1.29, 1.82) is 0 Å². The fraction of sp³-hybridized carbons (Fsp3) is 0. The summed E-state index contributed by atoms with van der Waals surface area (Å²) in [6.45, 7) is 0. The summed E-state index contributed by atoms with van der Waals surface area (Å²) in [7, 11) is 0. The third kappa shape index (κ3) is 3.02. The van der Waals surface area contributed by atoms with Crippen LogP contribution in [-0.2, 0) is 0 Å². The Morgan fingerprint density at radius 3 is 2.27 bits per heavy atom. The van der Waals surface area contributed by atoms with Gasteiger partial charge >= 0.3 is 0 Å². The summed E-state index contributed by atoms with van der Waals surface area (Å²) in [4.78, 5) is 19.6. The minimum Gasteiger partial charge on any atom is -0.275 e. The molecule has 0 amide bonds. The Morgan fingerprint density at radius 1 is 0.885 bits per heavy atom. The zero-order chi connectivity index (χ0) is 18.8. The maximum Gasteiger partial charge on any atom is 0.280 e. The molecule has 0 unspecified atom stereocenters. The zero-order valence-electron chi connectivity index (χ0n) is 12.6. The van der Waals surface area contributed by atoms with E-state index >= 15 is 0 Å². The van der Waals surface area contributed by atoms with Gasteiger partial charge in [0.1, 0.15) is 22.2 Å². The van der Waals surface area contributed by atoms with Gasteiger partial charge < -0.3 is 0 Å². The molecule has 0 saturated carbocycles. The Morgan fingerprint density at radius 2 is 1.58 bits per heavy atom. The lowest BCUT2D eigenvalue weighted by molar-refractivity contribution is -0.384. The molecule has 0 aliphatic carbocycles. The Bertz CT molecular complexity index is 1140. The molecule has 4 rings (SSSR count). The highest BCUT2D eigenvalue weighted by atomic mass is 19.1. The molecule has 0 saturated heterocycles. The summed E-state index contributed by atoms with van der Waals surface area (Å²) in [5.41, 5.74) is -0.170. The van der Waals surface area contributed by atoms with Gasteiger partial charge in [-0.15, -0.1) is 0 Å². The van der Waals surface area contributed by atoms with Crippen molar-refractivity contribution < 1.29 is 18.6 Å². The number of hydrogen-bond acceptors (Lipinski definition) is 6. The van der Waals surface area contributed by atoms with Crippen LogP contribution in [0.25, 0.3) is 21.8 Å². The van der Waals surface area contributed by atoms with Crippen molar-refractivity contribution in [2.45, 2.75) is 0 Å². The van der Waals surface area contributed by atoms with Crippen molar-refractivity contribution in [1.82, 2.24) is 20.4 Å². The number of nitro benzene ring substituents is 2.